The van der Waals surface area contributed by atoms with E-state index in [0.29, 0.717) is 67.9 Å². The SMILES string of the molecule is CC1=CCC[C@@]2(C)[C@@H](CC[C@@]2(O)CN2CCC(O)(c3ccc(Cl)cc3)CC2)c2ccc(cc2C(=O)c2ccccc2)C[C@@H](O)CC1. The molecule has 0 aromatic heterocycles. The fourth-order valence-electron chi connectivity index (χ4n) is 8.44. The van der Waals surface area contributed by atoms with Crippen LogP contribution >= 0.6 is 11.6 Å². The summed E-state index contributed by atoms with van der Waals surface area (Å²) in [6.45, 7) is 6.29. The van der Waals surface area contributed by atoms with E-state index in [1.165, 1.54) is 5.57 Å². The number of ketones is 1. The summed E-state index contributed by atoms with van der Waals surface area (Å²) in [6.07, 6.45) is 8.05. The molecule has 0 radical (unpaired) electrons. The van der Waals surface area contributed by atoms with Crippen molar-refractivity contribution >= 4 is 17.4 Å². The molecule has 1 aliphatic heterocycles. The second-order valence-electron chi connectivity index (χ2n) is 14.5. The Kier molecular flexibility index (Phi) is 9.62. The Balaban J connectivity index is 1.32. The lowest BCUT2D eigenvalue weighted by Crippen LogP contribution is -2.55. The van der Waals surface area contributed by atoms with Gasteiger partial charge in [0.05, 0.1) is 17.3 Å². The first-order valence-corrected chi connectivity index (χ1v) is 17.4. The Labute approximate surface area is 278 Å². The van der Waals surface area contributed by atoms with Crippen molar-refractivity contribution in [3.05, 3.63) is 117 Å². The standard InChI is InChI=1S/C40H48ClNO4/c1-28-7-6-19-38(2)36(18-20-40(38,46)27-42-23-21-39(45,22-24-42)31-12-14-32(41)15-13-31)34-17-11-29(25-33(43)16-10-28)26-35(34)37(44)30-8-4-3-5-9-30/h3-5,7-9,11-15,17,26,33,36,43,45-46H,6,10,16,18-25,27H2,1-2H3/t33-,36-,38-,40+/m0/s1. The summed E-state index contributed by atoms with van der Waals surface area (Å²) in [5, 5.41) is 35.8. The number of aliphatic hydroxyl groups excluding tert-OH is 1. The number of nitrogens with zero attached hydrogens (tertiary/aromatic N) is 1. The lowest BCUT2D eigenvalue weighted by molar-refractivity contribution is -0.101. The van der Waals surface area contributed by atoms with Crippen molar-refractivity contribution < 1.29 is 20.1 Å². The van der Waals surface area contributed by atoms with Crippen LogP contribution < -0.4 is 0 Å². The molecule has 2 fully saturated rings. The lowest BCUT2D eigenvalue weighted by Gasteiger charge is -2.48. The molecular weight excluding hydrogens is 594 g/mol. The van der Waals surface area contributed by atoms with Crippen LogP contribution in [0.25, 0.3) is 0 Å². The van der Waals surface area contributed by atoms with Gasteiger partial charge in [-0.05, 0) is 106 Å². The molecule has 3 aromatic rings. The van der Waals surface area contributed by atoms with E-state index in [9.17, 15) is 20.1 Å². The molecule has 7 rings (SSSR count). The van der Waals surface area contributed by atoms with Crippen molar-refractivity contribution in [2.24, 2.45) is 5.41 Å². The van der Waals surface area contributed by atoms with E-state index >= 15 is 0 Å². The molecule has 1 heterocycles. The maximum atomic E-state index is 14.1. The summed E-state index contributed by atoms with van der Waals surface area (Å²) in [7, 11) is 0. The topological polar surface area (TPSA) is 81.0 Å². The number of halogens is 1. The van der Waals surface area contributed by atoms with Crippen molar-refractivity contribution in [2.45, 2.75) is 94.9 Å². The van der Waals surface area contributed by atoms with Gasteiger partial charge in [-0.15, -0.1) is 0 Å². The summed E-state index contributed by atoms with van der Waals surface area (Å²) >= 11 is 6.11. The molecule has 6 heteroatoms. The normalized spacial score (nSPS) is 28.7. The summed E-state index contributed by atoms with van der Waals surface area (Å²) in [6, 6.07) is 23.1. The highest BCUT2D eigenvalue weighted by Crippen LogP contribution is 2.59. The minimum absolute atomic E-state index is 0.00780. The molecule has 1 saturated carbocycles. The van der Waals surface area contributed by atoms with Gasteiger partial charge in [-0.25, -0.2) is 0 Å². The zero-order valence-electron chi connectivity index (χ0n) is 27.2. The smallest absolute Gasteiger partial charge is 0.193 e. The summed E-state index contributed by atoms with van der Waals surface area (Å²) in [5.41, 5.74) is 3.11. The average Bonchev–Trinajstić information content (AvgIpc) is 3.30. The first kappa shape index (κ1) is 33.1. The third-order valence-electron chi connectivity index (χ3n) is 11.5. The molecule has 3 N–H and O–H groups in total. The Hall–Kier alpha value is -2.80. The highest BCUT2D eigenvalue weighted by molar-refractivity contribution is 6.30. The maximum Gasteiger partial charge on any atom is 0.193 e. The van der Waals surface area contributed by atoms with Gasteiger partial charge in [-0.3, -0.25) is 4.79 Å². The zero-order chi connectivity index (χ0) is 32.5. The van der Waals surface area contributed by atoms with Gasteiger partial charge >= 0.3 is 0 Å². The minimum Gasteiger partial charge on any atom is -0.393 e. The van der Waals surface area contributed by atoms with E-state index in [1.54, 1.807) is 0 Å². The van der Waals surface area contributed by atoms with Gasteiger partial charge in [0.1, 0.15) is 0 Å². The van der Waals surface area contributed by atoms with Crippen molar-refractivity contribution in [3.8, 4) is 0 Å². The van der Waals surface area contributed by atoms with Gasteiger partial charge < -0.3 is 20.2 Å². The number of likely N-dealkylation sites (tertiary alicyclic amines) is 1. The number of fused-ring (bicyclic) bond motifs is 8. The molecule has 1 saturated heterocycles. The number of aliphatic hydroxyl groups is 3. The summed E-state index contributed by atoms with van der Waals surface area (Å²) in [4.78, 5) is 16.4. The summed E-state index contributed by atoms with van der Waals surface area (Å²) in [5.74, 6) is -0.0170. The molecule has 4 aliphatic rings. The van der Waals surface area contributed by atoms with Gasteiger partial charge in [0.25, 0.3) is 0 Å². The predicted molar refractivity (Wildman–Crippen MR) is 184 cm³/mol. The fourth-order valence-corrected chi connectivity index (χ4v) is 8.57. The van der Waals surface area contributed by atoms with Crippen molar-refractivity contribution in [2.75, 3.05) is 19.6 Å². The molecule has 0 unspecified atom stereocenters. The molecule has 5 nitrogen and oxygen atoms in total. The van der Waals surface area contributed by atoms with Crippen LogP contribution in [-0.2, 0) is 12.0 Å². The van der Waals surface area contributed by atoms with Crippen LogP contribution in [0.5, 0.6) is 0 Å². The van der Waals surface area contributed by atoms with E-state index in [-0.39, 0.29) is 11.7 Å². The maximum absolute atomic E-state index is 14.1. The Morgan fingerprint density at radius 3 is 2.37 bits per heavy atom. The molecule has 46 heavy (non-hydrogen) atoms. The predicted octanol–water partition coefficient (Wildman–Crippen LogP) is 7.59. The van der Waals surface area contributed by atoms with Crippen LogP contribution in [0.15, 0.2) is 84.4 Å². The molecule has 244 valence electrons. The fraction of sp³-hybridized carbons (Fsp3) is 0.475. The molecule has 0 spiro atoms. The van der Waals surface area contributed by atoms with Crippen molar-refractivity contribution in [1.29, 1.82) is 0 Å². The number of piperidine rings is 1. The molecule has 3 aliphatic carbocycles. The van der Waals surface area contributed by atoms with Crippen molar-refractivity contribution in [3.63, 3.8) is 0 Å². The van der Waals surface area contributed by atoms with Crippen LogP contribution in [0.4, 0.5) is 0 Å². The molecular formula is C40H48ClNO4. The Morgan fingerprint density at radius 2 is 1.65 bits per heavy atom. The number of β-amino-alcohol motifs (C(OH)–C–C–N with tert-alkyl or cyclic N) is 1. The Bertz CT molecular complexity index is 1560. The molecule has 0 amide bonds. The quantitative estimate of drug-likeness (QED) is 0.198. The molecule has 2 bridgehead atoms. The highest BCUT2D eigenvalue weighted by atomic mass is 35.5. The average molecular weight is 642 g/mol. The van der Waals surface area contributed by atoms with Crippen LogP contribution in [0.3, 0.4) is 0 Å². The Morgan fingerprint density at radius 1 is 0.935 bits per heavy atom. The minimum atomic E-state index is -0.964. The number of allylic oxidation sites excluding steroid dienone is 2. The second kappa shape index (κ2) is 13.4. The monoisotopic (exact) mass is 641 g/mol. The largest absolute Gasteiger partial charge is 0.393 e. The number of hydrogen-bond acceptors (Lipinski definition) is 5. The van der Waals surface area contributed by atoms with E-state index in [2.05, 4.69) is 37.0 Å². The van der Waals surface area contributed by atoms with E-state index in [4.69, 9.17) is 11.6 Å². The third-order valence-corrected chi connectivity index (χ3v) is 11.8. The lowest BCUT2D eigenvalue weighted by atomic mass is 9.64. The second-order valence-corrected chi connectivity index (χ2v) is 14.9. The third kappa shape index (κ3) is 6.63. The number of carbonyl (C=O) groups excluding carboxylic acids is 1. The first-order chi connectivity index (χ1) is 22.0. The van der Waals surface area contributed by atoms with Gasteiger partial charge in [0.2, 0.25) is 0 Å². The van der Waals surface area contributed by atoms with Gasteiger partial charge in [0, 0.05) is 41.2 Å². The first-order valence-electron chi connectivity index (χ1n) is 17.0. The van der Waals surface area contributed by atoms with Crippen LogP contribution in [0.2, 0.25) is 5.02 Å². The number of hydrogen-bond donors (Lipinski definition) is 3. The zero-order valence-corrected chi connectivity index (χ0v) is 28.0. The van der Waals surface area contributed by atoms with E-state index in [1.807, 2.05) is 60.7 Å². The van der Waals surface area contributed by atoms with Gasteiger partial charge in [-0.2, -0.15) is 0 Å². The number of benzene rings is 3. The van der Waals surface area contributed by atoms with Crippen LogP contribution in [0.1, 0.15) is 104 Å². The van der Waals surface area contributed by atoms with E-state index < -0.39 is 22.7 Å². The van der Waals surface area contributed by atoms with Crippen LogP contribution in [-0.4, -0.2) is 57.3 Å². The van der Waals surface area contributed by atoms with E-state index in [0.717, 1.165) is 42.4 Å². The van der Waals surface area contributed by atoms with Gasteiger partial charge in [-0.1, -0.05) is 84.8 Å². The van der Waals surface area contributed by atoms with Gasteiger partial charge in [0.15, 0.2) is 5.78 Å². The van der Waals surface area contributed by atoms with Crippen LogP contribution in [0, 0.1) is 5.41 Å². The number of rotatable bonds is 5. The molecule has 4 atom stereocenters. The molecule has 3 aromatic carbocycles. The van der Waals surface area contributed by atoms with Crippen molar-refractivity contribution in [1.82, 2.24) is 4.90 Å². The number of carbonyl (C=O) groups is 1. The summed E-state index contributed by atoms with van der Waals surface area (Å²) < 4.78 is 0. The highest BCUT2D eigenvalue weighted by Gasteiger charge is 2.57.